The fraction of sp³-hybridized carbons (Fsp3) is 1.00. The predicted octanol–water partition coefficient (Wildman–Crippen LogP) is 4.21. The fourth-order valence-corrected chi connectivity index (χ4v) is 4.79. The van der Waals surface area contributed by atoms with E-state index in [4.69, 9.17) is 23.2 Å². The average molecular weight is 323 g/mol. The van der Waals surface area contributed by atoms with Gasteiger partial charge in [-0.25, -0.2) is 0 Å². The molecule has 0 aromatic carbocycles. The molecule has 0 saturated heterocycles. The van der Waals surface area contributed by atoms with Crippen LogP contribution in [-0.4, -0.2) is 29.5 Å². The van der Waals surface area contributed by atoms with Gasteiger partial charge in [0.05, 0.1) is 5.38 Å². The zero-order chi connectivity index (χ0) is 15.6. The van der Waals surface area contributed by atoms with Crippen LogP contribution in [0.1, 0.15) is 54.4 Å². The number of rotatable bonds is 6. The van der Waals surface area contributed by atoms with E-state index in [0.29, 0.717) is 11.8 Å². The molecule has 4 heteroatoms. The molecule has 0 bridgehead atoms. The topological polar surface area (TPSA) is 24.1 Å². The lowest BCUT2D eigenvalue weighted by Crippen LogP contribution is -2.64. The van der Waals surface area contributed by atoms with Gasteiger partial charge in [-0.15, -0.1) is 23.2 Å². The maximum Gasteiger partial charge on any atom is 0.112 e. The Balaban J connectivity index is 3.16. The summed E-state index contributed by atoms with van der Waals surface area (Å²) >= 11 is 13.7. The first-order chi connectivity index (χ1) is 9.23. The molecule has 2 nitrogen and oxygen atoms in total. The minimum Gasteiger partial charge on any atom is -0.313 e. The van der Waals surface area contributed by atoms with Crippen LogP contribution in [0.15, 0.2) is 0 Å². The molecule has 1 fully saturated rings. The van der Waals surface area contributed by atoms with Crippen LogP contribution < -0.4 is 10.6 Å². The summed E-state index contributed by atoms with van der Waals surface area (Å²) in [5.41, 5.74) is 0.224. The molecule has 0 heterocycles. The van der Waals surface area contributed by atoms with E-state index in [-0.39, 0.29) is 16.8 Å². The van der Waals surface area contributed by atoms with Gasteiger partial charge in [0.25, 0.3) is 0 Å². The Labute approximate surface area is 135 Å². The number of halogens is 2. The van der Waals surface area contributed by atoms with Gasteiger partial charge < -0.3 is 5.32 Å². The van der Waals surface area contributed by atoms with Gasteiger partial charge in [-0.05, 0) is 43.2 Å². The summed E-state index contributed by atoms with van der Waals surface area (Å²) in [5, 5.41) is 6.92. The van der Waals surface area contributed by atoms with Gasteiger partial charge in [0.2, 0.25) is 0 Å². The average Bonchev–Trinajstić information content (AvgIpc) is 2.34. The van der Waals surface area contributed by atoms with Crippen molar-refractivity contribution in [2.45, 2.75) is 70.8 Å². The van der Waals surface area contributed by atoms with Gasteiger partial charge in [-0.3, -0.25) is 5.32 Å². The molecule has 1 aliphatic rings. The molecule has 0 radical (unpaired) electrons. The number of hydrogen-bond donors (Lipinski definition) is 2. The minimum atomic E-state index is -0.518. The third-order valence-electron chi connectivity index (χ3n) is 5.21. The van der Waals surface area contributed by atoms with Gasteiger partial charge >= 0.3 is 0 Å². The van der Waals surface area contributed by atoms with Crippen LogP contribution in [0, 0.1) is 17.3 Å². The van der Waals surface area contributed by atoms with Crippen LogP contribution in [0.4, 0.5) is 0 Å². The Kier molecular flexibility index (Phi) is 6.65. The molecule has 0 spiro atoms. The van der Waals surface area contributed by atoms with Crippen molar-refractivity contribution in [2.75, 3.05) is 13.1 Å². The van der Waals surface area contributed by atoms with Gasteiger partial charge in [0.1, 0.15) is 5.00 Å². The van der Waals surface area contributed by atoms with E-state index in [1.54, 1.807) is 0 Å². The highest BCUT2D eigenvalue weighted by molar-refractivity contribution is 6.32. The maximum absolute atomic E-state index is 6.95. The monoisotopic (exact) mass is 322 g/mol. The highest BCUT2D eigenvalue weighted by atomic mass is 35.5. The van der Waals surface area contributed by atoms with Crippen LogP contribution in [-0.2, 0) is 0 Å². The van der Waals surface area contributed by atoms with Gasteiger partial charge in [-0.2, -0.15) is 0 Å². The molecule has 0 amide bonds. The highest BCUT2D eigenvalue weighted by Gasteiger charge is 2.54. The Bertz CT molecular complexity index is 299. The van der Waals surface area contributed by atoms with Crippen molar-refractivity contribution >= 4 is 23.2 Å². The third-order valence-corrected chi connectivity index (χ3v) is 6.50. The quantitative estimate of drug-likeness (QED) is 0.565. The Morgan fingerprint density at radius 1 is 1.10 bits per heavy atom. The second-order valence-electron chi connectivity index (χ2n) is 6.88. The molecule has 0 aromatic rings. The minimum absolute atomic E-state index is 0.0882. The van der Waals surface area contributed by atoms with Crippen LogP contribution in [0.2, 0.25) is 0 Å². The van der Waals surface area contributed by atoms with Crippen LogP contribution >= 0.6 is 23.2 Å². The normalized spacial score (nSPS) is 33.9. The Morgan fingerprint density at radius 3 is 2.05 bits per heavy atom. The number of hydrogen-bond acceptors (Lipinski definition) is 2. The largest absolute Gasteiger partial charge is 0.313 e. The summed E-state index contributed by atoms with van der Waals surface area (Å²) in [7, 11) is 0. The van der Waals surface area contributed by atoms with Crippen molar-refractivity contribution in [2.24, 2.45) is 17.3 Å². The van der Waals surface area contributed by atoms with E-state index in [2.05, 4.69) is 52.2 Å². The number of nitrogens with one attached hydrogen (secondary N) is 2. The Morgan fingerprint density at radius 2 is 1.65 bits per heavy atom. The van der Waals surface area contributed by atoms with Crippen molar-refractivity contribution in [3.63, 3.8) is 0 Å². The molecular weight excluding hydrogens is 291 g/mol. The van der Waals surface area contributed by atoms with E-state index >= 15 is 0 Å². The molecule has 0 aliphatic heterocycles. The van der Waals surface area contributed by atoms with E-state index in [1.165, 1.54) is 0 Å². The predicted molar refractivity (Wildman–Crippen MR) is 90.7 cm³/mol. The Hall–Kier alpha value is 0.500. The molecule has 2 N–H and O–H groups in total. The van der Waals surface area contributed by atoms with Crippen molar-refractivity contribution in [1.82, 2.24) is 10.6 Å². The van der Waals surface area contributed by atoms with Crippen molar-refractivity contribution in [3.05, 3.63) is 0 Å². The first-order valence-corrected chi connectivity index (χ1v) is 8.86. The van der Waals surface area contributed by atoms with Gasteiger partial charge in [0, 0.05) is 6.04 Å². The first kappa shape index (κ1) is 18.5. The molecule has 1 saturated carbocycles. The van der Waals surface area contributed by atoms with Crippen molar-refractivity contribution in [1.29, 1.82) is 0 Å². The van der Waals surface area contributed by atoms with Gasteiger partial charge in [0.15, 0.2) is 0 Å². The summed E-state index contributed by atoms with van der Waals surface area (Å²) in [6, 6.07) is 0.261. The molecule has 3 unspecified atom stereocenters. The second kappa shape index (κ2) is 7.17. The molecule has 20 heavy (non-hydrogen) atoms. The smallest absolute Gasteiger partial charge is 0.112 e. The van der Waals surface area contributed by atoms with Crippen molar-refractivity contribution in [3.8, 4) is 0 Å². The third kappa shape index (κ3) is 3.45. The molecule has 3 atom stereocenters. The van der Waals surface area contributed by atoms with Gasteiger partial charge in [-0.1, -0.05) is 41.5 Å². The zero-order valence-corrected chi connectivity index (χ0v) is 15.4. The van der Waals surface area contributed by atoms with Crippen molar-refractivity contribution < 1.29 is 0 Å². The summed E-state index contributed by atoms with van der Waals surface area (Å²) < 4.78 is 0. The standard InChI is InChI=1S/C16H32Cl2N2/c1-7-19-13-9-15(11(3)4,12(5)6)10-16(18,14(13)17)20-8-2/h11-14,19-20H,7-10H2,1-6H3. The summed E-state index contributed by atoms with van der Waals surface area (Å²) in [6.07, 6.45) is 2.03. The lowest BCUT2D eigenvalue weighted by Gasteiger charge is -2.55. The highest BCUT2D eigenvalue weighted by Crippen LogP contribution is 2.53. The zero-order valence-electron chi connectivity index (χ0n) is 13.9. The molecular formula is C16H32Cl2N2. The summed E-state index contributed by atoms with van der Waals surface area (Å²) in [6.45, 7) is 15.3. The van der Waals surface area contributed by atoms with E-state index in [9.17, 15) is 0 Å². The van der Waals surface area contributed by atoms with E-state index in [1.807, 2.05) is 0 Å². The fourth-order valence-electron chi connectivity index (χ4n) is 3.92. The lowest BCUT2D eigenvalue weighted by atomic mass is 9.58. The molecule has 0 aromatic heterocycles. The van der Waals surface area contributed by atoms with E-state index in [0.717, 1.165) is 25.9 Å². The summed E-state index contributed by atoms with van der Waals surface area (Å²) in [5.74, 6) is 1.18. The second-order valence-corrected chi connectivity index (χ2v) is 8.03. The van der Waals surface area contributed by atoms with E-state index < -0.39 is 5.00 Å². The van der Waals surface area contributed by atoms with Crippen LogP contribution in [0.5, 0.6) is 0 Å². The van der Waals surface area contributed by atoms with Crippen LogP contribution in [0.25, 0.3) is 0 Å². The first-order valence-electron chi connectivity index (χ1n) is 8.04. The summed E-state index contributed by atoms with van der Waals surface area (Å²) in [4.78, 5) is -0.518. The SMILES string of the molecule is CCNC1CC(C(C)C)(C(C)C)CC(Cl)(NCC)C1Cl. The lowest BCUT2D eigenvalue weighted by molar-refractivity contribution is 0.0163. The molecule has 1 aliphatic carbocycles. The molecule has 1 rings (SSSR count). The molecule has 120 valence electrons. The van der Waals surface area contributed by atoms with Crippen LogP contribution in [0.3, 0.4) is 0 Å². The maximum atomic E-state index is 6.95. The number of alkyl halides is 2.